The number of fused-ring (bicyclic) bond motifs is 1. The second kappa shape index (κ2) is 4.58. The zero-order valence-corrected chi connectivity index (χ0v) is 10.8. The van der Waals surface area contributed by atoms with Crippen LogP contribution in [0.5, 0.6) is 0 Å². The van der Waals surface area contributed by atoms with Crippen LogP contribution in [0.3, 0.4) is 0 Å². The highest BCUT2D eigenvalue weighted by molar-refractivity contribution is 5.22. The van der Waals surface area contributed by atoms with E-state index in [-0.39, 0.29) is 0 Å². The van der Waals surface area contributed by atoms with Gasteiger partial charge in [0.05, 0.1) is 12.2 Å². The number of H-pyrrole nitrogens is 1. The molecule has 0 saturated heterocycles. The van der Waals surface area contributed by atoms with Crippen molar-refractivity contribution in [2.75, 3.05) is 0 Å². The van der Waals surface area contributed by atoms with Crippen LogP contribution in [-0.4, -0.2) is 16.0 Å². The lowest BCUT2D eigenvalue weighted by atomic mass is 9.84. The summed E-state index contributed by atoms with van der Waals surface area (Å²) in [5, 5.41) is 3.40. The molecule has 3 heteroatoms. The Kier molecular flexibility index (Phi) is 3.33. The molecule has 1 aliphatic rings. The molecular formula is C13H23N3. The number of hydrogen-bond acceptors (Lipinski definition) is 2. The van der Waals surface area contributed by atoms with Crippen molar-refractivity contribution in [1.82, 2.24) is 15.3 Å². The molecule has 0 radical (unpaired) electrons. The molecule has 1 aromatic rings. The van der Waals surface area contributed by atoms with E-state index in [4.69, 9.17) is 4.98 Å². The van der Waals surface area contributed by atoms with E-state index in [1.54, 1.807) is 0 Å². The summed E-state index contributed by atoms with van der Waals surface area (Å²) >= 11 is 0. The van der Waals surface area contributed by atoms with E-state index in [1.165, 1.54) is 17.8 Å². The minimum atomic E-state index is 0.512. The van der Waals surface area contributed by atoms with E-state index < -0.39 is 0 Å². The molecule has 0 spiro atoms. The zero-order chi connectivity index (χ0) is 11.7. The molecule has 0 bridgehead atoms. The van der Waals surface area contributed by atoms with Crippen LogP contribution in [-0.2, 0) is 13.0 Å². The molecule has 2 atom stereocenters. The molecule has 0 saturated carbocycles. The van der Waals surface area contributed by atoms with E-state index in [9.17, 15) is 0 Å². The minimum absolute atomic E-state index is 0.512. The lowest BCUT2D eigenvalue weighted by Crippen LogP contribution is -2.22. The van der Waals surface area contributed by atoms with Gasteiger partial charge in [0.25, 0.3) is 0 Å². The smallest absolute Gasteiger partial charge is 0.120 e. The number of imidazole rings is 1. The first-order valence-electron chi connectivity index (χ1n) is 6.37. The van der Waals surface area contributed by atoms with Crippen molar-refractivity contribution >= 4 is 0 Å². The molecule has 90 valence electrons. The zero-order valence-electron chi connectivity index (χ0n) is 10.8. The predicted molar refractivity (Wildman–Crippen MR) is 66.5 cm³/mol. The fourth-order valence-corrected chi connectivity index (χ4v) is 2.57. The second-order valence-corrected chi connectivity index (χ2v) is 5.53. The number of hydrogen-bond donors (Lipinski definition) is 2. The molecule has 3 nitrogen and oxygen atoms in total. The average Bonchev–Trinajstić information content (AvgIpc) is 2.57. The standard InChI is InChI=1S/C13H23N3/c1-8(2)14-7-12-15-11-6-9(3)5-10(4)13(11)16-12/h8-10,14H,5-7H2,1-4H3,(H,15,16). The van der Waals surface area contributed by atoms with E-state index in [1.807, 2.05) is 0 Å². The molecule has 2 unspecified atom stereocenters. The molecule has 1 heterocycles. The molecule has 2 rings (SSSR count). The minimum Gasteiger partial charge on any atom is -0.345 e. The summed E-state index contributed by atoms with van der Waals surface area (Å²) in [6.45, 7) is 9.79. The summed E-state index contributed by atoms with van der Waals surface area (Å²) < 4.78 is 0. The first-order chi connectivity index (χ1) is 7.56. The van der Waals surface area contributed by atoms with Gasteiger partial charge in [-0.25, -0.2) is 4.98 Å². The molecule has 16 heavy (non-hydrogen) atoms. The van der Waals surface area contributed by atoms with Crippen LogP contribution in [0.2, 0.25) is 0 Å². The van der Waals surface area contributed by atoms with Gasteiger partial charge in [0, 0.05) is 17.7 Å². The van der Waals surface area contributed by atoms with E-state index in [0.29, 0.717) is 12.0 Å². The first-order valence-corrected chi connectivity index (χ1v) is 6.37. The predicted octanol–water partition coefficient (Wildman–Crippen LogP) is 2.59. The third-order valence-electron chi connectivity index (χ3n) is 3.31. The summed E-state index contributed by atoms with van der Waals surface area (Å²) in [6.07, 6.45) is 2.43. The van der Waals surface area contributed by atoms with Gasteiger partial charge >= 0.3 is 0 Å². The van der Waals surface area contributed by atoms with Crippen molar-refractivity contribution < 1.29 is 0 Å². The number of aromatic nitrogens is 2. The summed E-state index contributed by atoms with van der Waals surface area (Å²) in [4.78, 5) is 8.20. The van der Waals surface area contributed by atoms with Gasteiger partial charge in [-0.1, -0.05) is 27.7 Å². The maximum absolute atomic E-state index is 4.72. The molecule has 0 fully saturated rings. The van der Waals surface area contributed by atoms with E-state index in [0.717, 1.165) is 24.7 Å². The molecule has 0 aliphatic heterocycles. The maximum Gasteiger partial charge on any atom is 0.120 e. The van der Waals surface area contributed by atoms with Crippen LogP contribution < -0.4 is 5.32 Å². The highest BCUT2D eigenvalue weighted by Gasteiger charge is 2.24. The van der Waals surface area contributed by atoms with Crippen LogP contribution in [0.15, 0.2) is 0 Å². The fourth-order valence-electron chi connectivity index (χ4n) is 2.57. The van der Waals surface area contributed by atoms with Crippen LogP contribution in [0.1, 0.15) is 57.2 Å². The summed E-state index contributed by atoms with van der Waals surface area (Å²) in [5.74, 6) is 2.50. The van der Waals surface area contributed by atoms with Crippen molar-refractivity contribution in [1.29, 1.82) is 0 Å². The highest BCUT2D eigenvalue weighted by Crippen LogP contribution is 2.32. The van der Waals surface area contributed by atoms with Gasteiger partial charge < -0.3 is 10.3 Å². The Labute approximate surface area is 98.1 Å². The third-order valence-corrected chi connectivity index (χ3v) is 3.31. The molecule has 1 aromatic heterocycles. The third kappa shape index (κ3) is 2.46. The summed E-state index contributed by atoms with van der Waals surface area (Å²) in [6, 6.07) is 0.512. The van der Waals surface area contributed by atoms with Crippen LogP contribution >= 0.6 is 0 Å². The van der Waals surface area contributed by atoms with Crippen LogP contribution in [0.25, 0.3) is 0 Å². The van der Waals surface area contributed by atoms with Crippen LogP contribution in [0, 0.1) is 5.92 Å². The number of rotatable bonds is 3. The lowest BCUT2D eigenvalue weighted by molar-refractivity contribution is 0.440. The monoisotopic (exact) mass is 221 g/mol. The van der Waals surface area contributed by atoms with Crippen molar-refractivity contribution in [3.05, 3.63) is 17.2 Å². The Morgan fingerprint density at radius 1 is 1.44 bits per heavy atom. The molecule has 0 amide bonds. The summed E-state index contributed by atoms with van der Waals surface area (Å²) in [5.41, 5.74) is 2.67. The Balaban J connectivity index is 2.10. The number of nitrogens with one attached hydrogen (secondary N) is 2. The molecule has 1 aliphatic carbocycles. The van der Waals surface area contributed by atoms with Crippen molar-refractivity contribution in [2.45, 2.75) is 59.0 Å². The quantitative estimate of drug-likeness (QED) is 0.823. The van der Waals surface area contributed by atoms with Crippen molar-refractivity contribution in [3.63, 3.8) is 0 Å². The first kappa shape index (κ1) is 11.6. The van der Waals surface area contributed by atoms with Gasteiger partial charge in [-0.3, -0.25) is 0 Å². The molecular weight excluding hydrogens is 198 g/mol. The number of nitrogens with zero attached hydrogens (tertiary/aromatic N) is 1. The molecule has 2 N–H and O–H groups in total. The van der Waals surface area contributed by atoms with Gasteiger partial charge in [-0.05, 0) is 18.8 Å². The van der Waals surface area contributed by atoms with E-state index >= 15 is 0 Å². The number of aromatic amines is 1. The Bertz CT molecular complexity index is 354. The maximum atomic E-state index is 4.72. The highest BCUT2D eigenvalue weighted by atomic mass is 15.0. The Hall–Kier alpha value is -0.830. The average molecular weight is 221 g/mol. The Morgan fingerprint density at radius 2 is 2.19 bits per heavy atom. The van der Waals surface area contributed by atoms with Gasteiger partial charge in [0.1, 0.15) is 5.82 Å². The van der Waals surface area contributed by atoms with Crippen molar-refractivity contribution in [2.24, 2.45) is 5.92 Å². The fraction of sp³-hybridized carbons (Fsp3) is 0.769. The van der Waals surface area contributed by atoms with E-state index in [2.05, 4.69) is 38.0 Å². The van der Waals surface area contributed by atoms with Crippen LogP contribution in [0.4, 0.5) is 0 Å². The lowest BCUT2D eigenvalue weighted by Gasteiger charge is -2.22. The van der Waals surface area contributed by atoms with Gasteiger partial charge in [-0.15, -0.1) is 0 Å². The van der Waals surface area contributed by atoms with Gasteiger partial charge in [0.2, 0.25) is 0 Å². The Morgan fingerprint density at radius 3 is 2.88 bits per heavy atom. The topological polar surface area (TPSA) is 40.7 Å². The SMILES string of the molecule is CC1Cc2[nH]c(CNC(C)C)nc2C(C)C1. The van der Waals surface area contributed by atoms with Crippen molar-refractivity contribution in [3.8, 4) is 0 Å². The van der Waals surface area contributed by atoms with Gasteiger partial charge in [-0.2, -0.15) is 0 Å². The second-order valence-electron chi connectivity index (χ2n) is 5.53. The normalized spacial score (nSPS) is 24.8. The largest absolute Gasteiger partial charge is 0.345 e. The summed E-state index contributed by atoms with van der Waals surface area (Å²) in [7, 11) is 0. The molecule has 0 aromatic carbocycles. The van der Waals surface area contributed by atoms with Gasteiger partial charge in [0.15, 0.2) is 0 Å².